The summed E-state index contributed by atoms with van der Waals surface area (Å²) < 4.78 is 27.7. The summed E-state index contributed by atoms with van der Waals surface area (Å²) in [4.78, 5) is 11.1. The normalized spacial score (nSPS) is 12.0. The van der Waals surface area contributed by atoms with Crippen molar-refractivity contribution in [1.29, 1.82) is 0 Å². The molecule has 0 aliphatic rings. The molecule has 1 aromatic rings. The van der Waals surface area contributed by atoms with Gasteiger partial charge in [0.15, 0.2) is 0 Å². The molecule has 0 unspecified atom stereocenters. The fourth-order valence-electron chi connectivity index (χ4n) is 1.06. The lowest BCUT2D eigenvalue weighted by molar-refractivity contribution is 0.505. The van der Waals surface area contributed by atoms with E-state index >= 15 is 0 Å². The molecule has 0 aliphatic carbocycles. The van der Waals surface area contributed by atoms with Crippen molar-refractivity contribution in [3.8, 4) is 0 Å². The van der Waals surface area contributed by atoms with Gasteiger partial charge in [0.25, 0.3) is 10.2 Å². The predicted octanol–water partition coefficient (Wildman–Crippen LogP) is -0.719. The highest BCUT2D eigenvalue weighted by Crippen LogP contribution is 1.97. The van der Waals surface area contributed by atoms with Gasteiger partial charge in [0.05, 0.1) is 0 Å². The first-order chi connectivity index (χ1) is 7.33. The molecule has 0 atom stereocenters. The second-order valence-electron chi connectivity index (χ2n) is 3.60. The van der Waals surface area contributed by atoms with Crippen molar-refractivity contribution in [2.24, 2.45) is 7.05 Å². The van der Waals surface area contributed by atoms with Crippen LogP contribution in [-0.2, 0) is 23.8 Å². The Labute approximate surface area is 94.7 Å². The molecule has 0 aliphatic heterocycles. The molecule has 1 heterocycles. The maximum Gasteiger partial charge on any atom is 0.279 e. The molecule has 6 nitrogen and oxygen atoms in total. The molecule has 90 valence electrons. The van der Waals surface area contributed by atoms with E-state index in [1.54, 1.807) is 19.3 Å². The molecule has 0 spiro atoms. The number of hydrogen-bond donors (Lipinski definition) is 1. The fourth-order valence-corrected chi connectivity index (χ4v) is 1.67. The second-order valence-corrected chi connectivity index (χ2v) is 5.56. The smallest absolute Gasteiger partial charge is 0.279 e. The monoisotopic (exact) mass is 245 g/mol. The molecule has 0 saturated carbocycles. The van der Waals surface area contributed by atoms with Crippen LogP contribution in [0.3, 0.4) is 0 Å². The minimum absolute atomic E-state index is 0.126. The molecule has 7 heteroatoms. The first kappa shape index (κ1) is 12.9. The van der Waals surface area contributed by atoms with Gasteiger partial charge >= 0.3 is 0 Å². The Morgan fingerprint density at radius 3 is 2.50 bits per heavy atom. The van der Waals surface area contributed by atoms with Gasteiger partial charge in [-0.05, 0) is 5.56 Å². The molecule has 0 radical (unpaired) electrons. The van der Waals surface area contributed by atoms with E-state index in [2.05, 4.69) is 4.72 Å². The summed E-state index contributed by atoms with van der Waals surface area (Å²) in [5.74, 6) is 0. The molecule has 1 rings (SSSR count). The first-order valence-corrected chi connectivity index (χ1v) is 6.09. The Hall–Kier alpha value is -1.18. The zero-order valence-electron chi connectivity index (χ0n) is 9.47. The van der Waals surface area contributed by atoms with Crippen LogP contribution in [0.4, 0.5) is 0 Å². The van der Waals surface area contributed by atoms with Crippen LogP contribution in [0, 0.1) is 0 Å². The summed E-state index contributed by atoms with van der Waals surface area (Å²) in [5.41, 5.74) is 0.603. The lowest BCUT2D eigenvalue weighted by Crippen LogP contribution is -2.35. The number of nitrogens with one attached hydrogen (secondary N) is 1. The molecule has 1 N–H and O–H groups in total. The largest absolute Gasteiger partial charge is 0.318 e. The van der Waals surface area contributed by atoms with Crippen molar-refractivity contribution in [2.75, 3.05) is 14.1 Å². The fraction of sp³-hybridized carbons (Fsp3) is 0.444. The average molecular weight is 245 g/mol. The van der Waals surface area contributed by atoms with Crippen LogP contribution >= 0.6 is 0 Å². The first-order valence-electron chi connectivity index (χ1n) is 4.65. The second kappa shape index (κ2) is 4.77. The number of aromatic nitrogens is 1. The van der Waals surface area contributed by atoms with E-state index in [0.717, 1.165) is 9.87 Å². The van der Waals surface area contributed by atoms with Crippen LogP contribution in [0.5, 0.6) is 0 Å². The molecule has 0 aromatic carbocycles. The van der Waals surface area contributed by atoms with Gasteiger partial charge in [-0.15, -0.1) is 0 Å². The summed E-state index contributed by atoms with van der Waals surface area (Å²) in [6, 6.07) is 3.00. The van der Waals surface area contributed by atoms with E-state index < -0.39 is 10.2 Å². The molecule has 1 aromatic heterocycles. The van der Waals surface area contributed by atoms with Gasteiger partial charge in [0, 0.05) is 40.0 Å². The Morgan fingerprint density at radius 1 is 1.38 bits per heavy atom. The number of rotatable bonds is 4. The van der Waals surface area contributed by atoms with Gasteiger partial charge in [-0.3, -0.25) is 4.79 Å². The Balaban J connectivity index is 2.76. The van der Waals surface area contributed by atoms with Crippen LogP contribution in [0.15, 0.2) is 23.1 Å². The summed E-state index contributed by atoms with van der Waals surface area (Å²) in [7, 11) is 1.09. The van der Waals surface area contributed by atoms with E-state index in [9.17, 15) is 13.2 Å². The summed E-state index contributed by atoms with van der Waals surface area (Å²) in [6.45, 7) is 0.161. The quantitative estimate of drug-likeness (QED) is 0.761. The number of pyridine rings is 1. The highest BCUT2D eigenvalue weighted by molar-refractivity contribution is 7.87. The summed E-state index contributed by atoms with van der Waals surface area (Å²) >= 11 is 0. The van der Waals surface area contributed by atoms with Crippen molar-refractivity contribution in [3.05, 3.63) is 34.2 Å². The van der Waals surface area contributed by atoms with Crippen LogP contribution < -0.4 is 10.3 Å². The molecule has 16 heavy (non-hydrogen) atoms. The summed E-state index contributed by atoms with van der Waals surface area (Å²) in [6.07, 6.45) is 1.60. The van der Waals surface area contributed by atoms with Crippen LogP contribution in [-0.4, -0.2) is 31.4 Å². The SMILES string of the molecule is CN(C)S(=O)(=O)NCc1ccc(=O)n(C)c1. The summed E-state index contributed by atoms with van der Waals surface area (Å²) in [5, 5.41) is 0. The third-order valence-corrected chi connectivity index (χ3v) is 3.56. The molecular weight excluding hydrogens is 230 g/mol. The van der Waals surface area contributed by atoms with E-state index in [0.29, 0.717) is 0 Å². The zero-order valence-corrected chi connectivity index (χ0v) is 10.3. The lowest BCUT2D eigenvalue weighted by Gasteiger charge is -2.12. The number of nitrogens with zero attached hydrogens (tertiary/aromatic N) is 2. The average Bonchev–Trinajstić information content (AvgIpc) is 2.20. The third-order valence-electron chi connectivity index (χ3n) is 2.09. The number of aryl methyl sites for hydroxylation is 1. The van der Waals surface area contributed by atoms with E-state index in [1.807, 2.05) is 0 Å². The van der Waals surface area contributed by atoms with Crippen molar-refractivity contribution in [1.82, 2.24) is 13.6 Å². The molecule has 0 amide bonds. The third kappa shape index (κ3) is 3.16. The highest BCUT2D eigenvalue weighted by Gasteiger charge is 2.11. The van der Waals surface area contributed by atoms with Gasteiger partial charge in [0.1, 0.15) is 0 Å². The van der Waals surface area contributed by atoms with Gasteiger partial charge in [-0.2, -0.15) is 17.4 Å². The highest BCUT2D eigenvalue weighted by atomic mass is 32.2. The topological polar surface area (TPSA) is 71.4 Å². The van der Waals surface area contributed by atoms with Crippen LogP contribution in [0.1, 0.15) is 5.56 Å². The lowest BCUT2D eigenvalue weighted by atomic mass is 10.3. The minimum Gasteiger partial charge on any atom is -0.318 e. The predicted molar refractivity (Wildman–Crippen MR) is 61.1 cm³/mol. The Bertz CT molecular complexity index is 519. The number of hydrogen-bond acceptors (Lipinski definition) is 3. The van der Waals surface area contributed by atoms with E-state index in [1.165, 1.54) is 24.7 Å². The van der Waals surface area contributed by atoms with Crippen molar-refractivity contribution >= 4 is 10.2 Å². The Kier molecular flexibility index (Phi) is 3.84. The minimum atomic E-state index is -3.42. The van der Waals surface area contributed by atoms with E-state index in [4.69, 9.17) is 0 Å². The van der Waals surface area contributed by atoms with Crippen molar-refractivity contribution in [2.45, 2.75) is 6.54 Å². The van der Waals surface area contributed by atoms with Crippen LogP contribution in [0.2, 0.25) is 0 Å². The molecular formula is C9H15N3O3S. The molecule has 0 bridgehead atoms. The molecule has 0 saturated heterocycles. The maximum absolute atomic E-state index is 11.4. The van der Waals surface area contributed by atoms with Gasteiger partial charge in [-0.1, -0.05) is 6.07 Å². The van der Waals surface area contributed by atoms with E-state index in [-0.39, 0.29) is 12.1 Å². The van der Waals surface area contributed by atoms with Gasteiger partial charge in [-0.25, -0.2) is 0 Å². The van der Waals surface area contributed by atoms with Crippen LogP contribution in [0.25, 0.3) is 0 Å². The van der Waals surface area contributed by atoms with Crippen molar-refractivity contribution < 1.29 is 8.42 Å². The Morgan fingerprint density at radius 2 is 2.00 bits per heavy atom. The molecule has 0 fully saturated rings. The van der Waals surface area contributed by atoms with Crippen molar-refractivity contribution in [3.63, 3.8) is 0 Å². The van der Waals surface area contributed by atoms with Gasteiger partial charge in [0.2, 0.25) is 5.56 Å². The zero-order chi connectivity index (χ0) is 12.3. The maximum atomic E-state index is 11.4. The van der Waals surface area contributed by atoms with Gasteiger partial charge < -0.3 is 4.57 Å². The standard InChI is InChI=1S/C9H15N3O3S/c1-11(2)16(14,15)10-6-8-4-5-9(13)12(3)7-8/h4-5,7,10H,6H2,1-3H3.